The number of ether oxygens (including phenoxy) is 1. The van der Waals surface area contributed by atoms with Crippen LogP contribution in [0.25, 0.3) is 0 Å². The van der Waals surface area contributed by atoms with Crippen molar-refractivity contribution in [2.75, 3.05) is 25.0 Å². The number of carbonyl (C=O) groups is 1. The molecule has 0 bridgehead atoms. The van der Waals surface area contributed by atoms with E-state index in [1.54, 1.807) is 4.90 Å². The van der Waals surface area contributed by atoms with Crippen LogP contribution in [0.4, 0.5) is 10.5 Å². The minimum atomic E-state index is -0.200. The van der Waals surface area contributed by atoms with Crippen LogP contribution in [0, 0.1) is 5.92 Å². The lowest BCUT2D eigenvalue weighted by Gasteiger charge is -2.22. The molecule has 1 saturated carbocycles. The molecule has 1 heterocycles. The van der Waals surface area contributed by atoms with E-state index in [9.17, 15) is 4.79 Å². The number of anilines is 1. The number of hydrogen-bond donors (Lipinski definition) is 1. The van der Waals surface area contributed by atoms with Crippen LogP contribution in [0.2, 0.25) is 0 Å². The Kier molecular flexibility index (Phi) is 4.63. The maximum Gasteiger partial charge on any atom is 0.410 e. The molecule has 0 radical (unpaired) electrons. The first-order valence-electron chi connectivity index (χ1n) is 8.06. The van der Waals surface area contributed by atoms with Crippen molar-refractivity contribution in [1.29, 1.82) is 0 Å². The van der Waals surface area contributed by atoms with Gasteiger partial charge in [-0.25, -0.2) is 4.79 Å². The van der Waals surface area contributed by atoms with E-state index in [0.29, 0.717) is 19.7 Å². The maximum absolute atomic E-state index is 11.4. The number of hydrogen-bond acceptors (Lipinski definition) is 3. The van der Waals surface area contributed by atoms with Gasteiger partial charge in [0.2, 0.25) is 0 Å². The Hall–Kier alpha value is -1.71. The highest BCUT2D eigenvalue weighted by Crippen LogP contribution is 2.24. The van der Waals surface area contributed by atoms with Crippen LogP contribution in [0.5, 0.6) is 0 Å². The highest BCUT2D eigenvalue weighted by Gasteiger charge is 2.21. The van der Waals surface area contributed by atoms with E-state index in [4.69, 9.17) is 4.74 Å². The van der Waals surface area contributed by atoms with Gasteiger partial charge in [0.05, 0.1) is 6.54 Å². The lowest BCUT2D eigenvalue weighted by atomic mass is 9.89. The zero-order valence-corrected chi connectivity index (χ0v) is 12.5. The second-order valence-corrected chi connectivity index (χ2v) is 6.12. The zero-order valence-electron chi connectivity index (χ0n) is 12.5. The molecular formula is C17H24N2O2. The number of rotatable bonds is 5. The van der Waals surface area contributed by atoms with Gasteiger partial charge in [-0.2, -0.15) is 0 Å². The standard InChI is InChI=1S/C17H24N2O2/c20-17-19(10-11-21-17)13-15-6-8-16(9-7-15)18-12-14-4-2-1-3-5-14/h6-9,14,18H,1-5,10-13H2. The van der Waals surface area contributed by atoms with Gasteiger partial charge in [0.15, 0.2) is 0 Å². The molecule has 2 aliphatic rings. The van der Waals surface area contributed by atoms with Crippen molar-refractivity contribution < 1.29 is 9.53 Å². The van der Waals surface area contributed by atoms with E-state index in [0.717, 1.165) is 18.0 Å². The van der Waals surface area contributed by atoms with E-state index < -0.39 is 0 Å². The second-order valence-electron chi connectivity index (χ2n) is 6.12. The molecule has 1 saturated heterocycles. The number of carbonyl (C=O) groups excluding carboxylic acids is 1. The lowest BCUT2D eigenvalue weighted by Crippen LogP contribution is -2.23. The van der Waals surface area contributed by atoms with E-state index in [-0.39, 0.29) is 6.09 Å². The molecule has 2 fully saturated rings. The Morgan fingerprint density at radius 2 is 1.90 bits per heavy atom. The van der Waals surface area contributed by atoms with E-state index >= 15 is 0 Å². The summed E-state index contributed by atoms with van der Waals surface area (Å²) in [7, 11) is 0. The van der Waals surface area contributed by atoms with Crippen LogP contribution < -0.4 is 5.32 Å². The van der Waals surface area contributed by atoms with Crippen molar-refractivity contribution in [1.82, 2.24) is 4.90 Å². The monoisotopic (exact) mass is 288 g/mol. The van der Waals surface area contributed by atoms with Crippen LogP contribution in [0.3, 0.4) is 0 Å². The minimum absolute atomic E-state index is 0.200. The second kappa shape index (κ2) is 6.83. The number of cyclic esters (lactones) is 1. The zero-order chi connectivity index (χ0) is 14.5. The molecule has 1 aromatic rings. The number of amides is 1. The molecule has 0 aromatic heterocycles. The van der Waals surface area contributed by atoms with Crippen LogP contribution >= 0.6 is 0 Å². The van der Waals surface area contributed by atoms with Gasteiger partial charge in [-0.05, 0) is 36.5 Å². The first kappa shape index (κ1) is 14.2. The smallest absolute Gasteiger partial charge is 0.410 e. The van der Waals surface area contributed by atoms with Crippen molar-refractivity contribution in [2.24, 2.45) is 5.92 Å². The Bertz CT molecular complexity index is 466. The molecule has 0 unspecified atom stereocenters. The predicted molar refractivity (Wildman–Crippen MR) is 83.3 cm³/mol. The van der Waals surface area contributed by atoms with Gasteiger partial charge in [0.25, 0.3) is 0 Å². The molecule has 1 aromatic carbocycles. The third kappa shape index (κ3) is 3.90. The molecule has 1 aliphatic carbocycles. The average molecular weight is 288 g/mol. The predicted octanol–water partition coefficient (Wildman–Crippen LogP) is 3.63. The first-order valence-corrected chi connectivity index (χ1v) is 8.06. The fraction of sp³-hybridized carbons (Fsp3) is 0.588. The van der Waals surface area contributed by atoms with Gasteiger partial charge < -0.3 is 15.0 Å². The van der Waals surface area contributed by atoms with Crippen molar-refractivity contribution in [3.8, 4) is 0 Å². The van der Waals surface area contributed by atoms with E-state index in [2.05, 4.69) is 29.6 Å². The maximum atomic E-state index is 11.4. The summed E-state index contributed by atoms with van der Waals surface area (Å²) < 4.78 is 4.94. The van der Waals surface area contributed by atoms with Gasteiger partial charge in [-0.1, -0.05) is 31.4 Å². The van der Waals surface area contributed by atoms with Crippen LogP contribution in [0.1, 0.15) is 37.7 Å². The van der Waals surface area contributed by atoms with Crippen molar-refractivity contribution >= 4 is 11.8 Å². The molecule has 3 rings (SSSR count). The van der Waals surface area contributed by atoms with Crippen molar-refractivity contribution in [3.05, 3.63) is 29.8 Å². The molecule has 0 atom stereocenters. The normalized spacial score (nSPS) is 19.6. The highest BCUT2D eigenvalue weighted by molar-refractivity contribution is 5.69. The van der Waals surface area contributed by atoms with Crippen LogP contribution in [0.15, 0.2) is 24.3 Å². The van der Waals surface area contributed by atoms with Gasteiger partial charge in [-0.3, -0.25) is 0 Å². The summed E-state index contributed by atoms with van der Waals surface area (Å²) >= 11 is 0. The van der Waals surface area contributed by atoms with Crippen LogP contribution in [-0.2, 0) is 11.3 Å². The number of benzene rings is 1. The summed E-state index contributed by atoms with van der Waals surface area (Å²) in [5, 5.41) is 3.54. The number of nitrogens with zero attached hydrogens (tertiary/aromatic N) is 1. The van der Waals surface area contributed by atoms with Gasteiger partial charge >= 0.3 is 6.09 Å². The fourth-order valence-corrected chi connectivity index (χ4v) is 3.17. The Morgan fingerprint density at radius 1 is 1.14 bits per heavy atom. The van der Waals surface area contributed by atoms with E-state index in [1.807, 2.05) is 0 Å². The Labute approximate surface area is 126 Å². The van der Waals surface area contributed by atoms with Crippen LogP contribution in [-0.4, -0.2) is 30.7 Å². The molecule has 1 aliphatic heterocycles. The molecular weight excluding hydrogens is 264 g/mol. The highest BCUT2D eigenvalue weighted by atomic mass is 16.6. The molecule has 21 heavy (non-hydrogen) atoms. The summed E-state index contributed by atoms with van der Waals surface area (Å²) in [5.74, 6) is 0.831. The van der Waals surface area contributed by atoms with E-state index in [1.165, 1.54) is 37.8 Å². The molecule has 4 nitrogen and oxygen atoms in total. The largest absolute Gasteiger partial charge is 0.448 e. The van der Waals surface area contributed by atoms with Gasteiger partial charge in [0.1, 0.15) is 6.61 Å². The Balaban J connectivity index is 1.48. The summed E-state index contributed by atoms with van der Waals surface area (Å²) in [6.07, 6.45) is 6.71. The summed E-state index contributed by atoms with van der Waals surface area (Å²) in [4.78, 5) is 13.2. The molecule has 114 valence electrons. The van der Waals surface area contributed by atoms with Crippen molar-refractivity contribution in [2.45, 2.75) is 38.6 Å². The average Bonchev–Trinajstić information content (AvgIpc) is 2.93. The third-order valence-electron chi connectivity index (χ3n) is 4.49. The molecule has 4 heteroatoms. The first-order chi connectivity index (χ1) is 10.3. The molecule has 1 amide bonds. The lowest BCUT2D eigenvalue weighted by molar-refractivity contribution is 0.157. The number of nitrogens with one attached hydrogen (secondary N) is 1. The summed E-state index contributed by atoms with van der Waals surface area (Å²) in [5.41, 5.74) is 2.32. The van der Waals surface area contributed by atoms with Gasteiger partial charge in [-0.15, -0.1) is 0 Å². The minimum Gasteiger partial charge on any atom is -0.448 e. The topological polar surface area (TPSA) is 41.6 Å². The fourth-order valence-electron chi connectivity index (χ4n) is 3.17. The molecule has 0 spiro atoms. The summed E-state index contributed by atoms with van der Waals surface area (Å²) in [6, 6.07) is 8.41. The Morgan fingerprint density at radius 3 is 2.57 bits per heavy atom. The van der Waals surface area contributed by atoms with Gasteiger partial charge in [0, 0.05) is 18.8 Å². The van der Waals surface area contributed by atoms with Crippen molar-refractivity contribution in [3.63, 3.8) is 0 Å². The third-order valence-corrected chi connectivity index (χ3v) is 4.49. The quantitative estimate of drug-likeness (QED) is 0.899. The molecule has 1 N–H and O–H groups in total. The summed E-state index contributed by atoms with van der Waals surface area (Å²) in [6.45, 7) is 2.93. The SMILES string of the molecule is O=C1OCCN1Cc1ccc(NCC2CCCCC2)cc1.